The first kappa shape index (κ1) is 14.4. The Kier molecular flexibility index (Phi) is 4.63. The van der Waals surface area contributed by atoms with Crippen LogP contribution in [0.2, 0.25) is 0 Å². The molecule has 0 radical (unpaired) electrons. The minimum Gasteiger partial charge on any atom is -0.326 e. The fourth-order valence-corrected chi connectivity index (χ4v) is 1.78. The molecule has 0 fully saturated rings. The van der Waals surface area contributed by atoms with Gasteiger partial charge in [0.05, 0.1) is 11.4 Å². The van der Waals surface area contributed by atoms with Crippen molar-refractivity contribution in [3.8, 4) is 0 Å². The SMILES string of the molecule is CC(C)NCc1ccc(N(C)c2ccccc2F)nn1. The number of hydrogen-bond donors (Lipinski definition) is 1. The minimum atomic E-state index is -0.276. The Morgan fingerprint density at radius 3 is 2.50 bits per heavy atom. The van der Waals surface area contributed by atoms with Crippen molar-refractivity contribution in [2.24, 2.45) is 0 Å². The van der Waals surface area contributed by atoms with Crippen LogP contribution < -0.4 is 10.2 Å². The van der Waals surface area contributed by atoms with Gasteiger partial charge in [-0.15, -0.1) is 5.10 Å². The van der Waals surface area contributed by atoms with E-state index in [1.54, 1.807) is 30.1 Å². The van der Waals surface area contributed by atoms with Crippen LogP contribution in [0, 0.1) is 5.82 Å². The van der Waals surface area contributed by atoms with Crippen LogP contribution in [0.1, 0.15) is 19.5 Å². The summed E-state index contributed by atoms with van der Waals surface area (Å²) in [6.45, 7) is 4.83. The van der Waals surface area contributed by atoms with Crippen LogP contribution in [0.5, 0.6) is 0 Å². The largest absolute Gasteiger partial charge is 0.326 e. The summed E-state index contributed by atoms with van der Waals surface area (Å²) in [5, 5.41) is 11.6. The maximum atomic E-state index is 13.7. The number of anilines is 2. The van der Waals surface area contributed by atoms with E-state index >= 15 is 0 Å². The van der Waals surface area contributed by atoms with E-state index in [4.69, 9.17) is 0 Å². The molecular weight excluding hydrogens is 255 g/mol. The van der Waals surface area contributed by atoms with Crippen molar-refractivity contribution in [1.82, 2.24) is 15.5 Å². The molecule has 0 unspecified atom stereocenters. The van der Waals surface area contributed by atoms with Gasteiger partial charge in [0.1, 0.15) is 5.82 Å². The van der Waals surface area contributed by atoms with E-state index < -0.39 is 0 Å². The van der Waals surface area contributed by atoms with E-state index in [2.05, 4.69) is 29.4 Å². The number of rotatable bonds is 5. The maximum absolute atomic E-state index is 13.7. The summed E-state index contributed by atoms with van der Waals surface area (Å²) in [7, 11) is 1.77. The second-order valence-corrected chi connectivity index (χ2v) is 4.93. The number of para-hydroxylation sites is 1. The lowest BCUT2D eigenvalue weighted by Gasteiger charge is -2.18. The van der Waals surface area contributed by atoms with E-state index in [0.29, 0.717) is 24.1 Å². The lowest BCUT2D eigenvalue weighted by atomic mass is 10.2. The van der Waals surface area contributed by atoms with Gasteiger partial charge in [0.15, 0.2) is 5.82 Å². The van der Waals surface area contributed by atoms with Crippen molar-refractivity contribution >= 4 is 11.5 Å². The number of aromatic nitrogens is 2. The van der Waals surface area contributed by atoms with Crippen molar-refractivity contribution in [1.29, 1.82) is 0 Å². The van der Waals surface area contributed by atoms with Crippen LogP contribution in [-0.4, -0.2) is 23.3 Å². The Labute approximate surface area is 118 Å². The average molecular weight is 274 g/mol. The van der Waals surface area contributed by atoms with Crippen LogP contribution in [0.15, 0.2) is 36.4 Å². The standard InChI is InChI=1S/C15H19FN4/c1-11(2)17-10-12-8-9-15(19-18-12)20(3)14-7-5-4-6-13(14)16/h4-9,11,17H,10H2,1-3H3. The molecule has 0 spiro atoms. The third-order valence-electron chi connectivity index (χ3n) is 2.95. The maximum Gasteiger partial charge on any atom is 0.155 e. The summed E-state index contributed by atoms with van der Waals surface area (Å²) in [5.74, 6) is 0.339. The van der Waals surface area contributed by atoms with Crippen molar-refractivity contribution in [2.45, 2.75) is 26.4 Å². The molecule has 106 valence electrons. The number of benzene rings is 1. The molecule has 0 aliphatic carbocycles. The number of nitrogens with one attached hydrogen (secondary N) is 1. The third kappa shape index (κ3) is 3.51. The van der Waals surface area contributed by atoms with Crippen LogP contribution in [0.25, 0.3) is 0 Å². The molecule has 1 heterocycles. The van der Waals surface area contributed by atoms with E-state index in [-0.39, 0.29) is 5.82 Å². The summed E-state index contributed by atoms with van der Waals surface area (Å²) in [6.07, 6.45) is 0. The summed E-state index contributed by atoms with van der Waals surface area (Å²) in [4.78, 5) is 1.68. The summed E-state index contributed by atoms with van der Waals surface area (Å²) in [6, 6.07) is 10.7. The van der Waals surface area contributed by atoms with Crippen molar-refractivity contribution < 1.29 is 4.39 Å². The zero-order valence-electron chi connectivity index (χ0n) is 12.0. The molecule has 2 rings (SSSR count). The first-order chi connectivity index (χ1) is 9.58. The predicted octanol–water partition coefficient (Wildman–Crippen LogP) is 2.88. The fraction of sp³-hybridized carbons (Fsp3) is 0.333. The van der Waals surface area contributed by atoms with E-state index in [0.717, 1.165) is 5.69 Å². The molecule has 0 aliphatic heterocycles. The van der Waals surface area contributed by atoms with E-state index in [1.807, 2.05) is 12.1 Å². The molecule has 5 heteroatoms. The highest BCUT2D eigenvalue weighted by atomic mass is 19.1. The minimum absolute atomic E-state index is 0.276. The number of nitrogens with zero attached hydrogens (tertiary/aromatic N) is 3. The Morgan fingerprint density at radius 1 is 1.15 bits per heavy atom. The van der Waals surface area contributed by atoms with E-state index in [1.165, 1.54) is 6.07 Å². The molecule has 0 aliphatic rings. The lowest BCUT2D eigenvalue weighted by Crippen LogP contribution is -2.23. The van der Waals surface area contributed by atoms with Crippen LogP contribution in [-0.2, 0) is 6.54 Å². The molecule has 0 saturated heterocycles. The molecular formula is C15H19FN4. The average Bonchev–Trinajstić information content (AvgIpc) is 2.45. The molecule has 4 nitrogen and oxygen atoms in total. The van der Waals surface area contributed by atoms with Gasteiger partial charge in [-0.1, -0.05) is 26.0 Å². The quantitative estimate of drug-likeness (QED) is 0.910. The van der Waals surface area contributed by atoms with Crippen molar-refractivity contribution in [2.75, 3.05) is 11.9 Å². The van der Waals surface area contributed by atoms with Crippen LogP contribution in [0.4, 0.5) is 15.9 Å². The Hall–Kier alpha value is -2.01. The molecule has 20 heavy (non-hydrogen) atoms. The van der Waals surface area contributed by atoms with Gasteiger partial charge in [0.2, 0.25) is 0 Å². The monoisotopic (exact) mass is 274 g/mol. The molecule has 0 saturated carbocycles. The van der Waals surface area contributed by atoms with Gasteiger partial charge >= 0.3 is 0 Å². The zero-order valence-corrected chi connectivity index (χ0v) is 12.0. The normalized spacial score (nSPS) is 10.8. The second-order valence-electron chi connectivity index (χ2n) is 4.93. The number of hydrogen-bond acceptors (Lipinski definition) is 4. The molecule has 1 aromatic carbocycles. The highest BCUT2D eigenvalue weighted by molar-refractivity contribution is 5.59. The van der Waals surface area contributed by atoms with Gasteiger partial charge in [-0.3, -0.25) is 0 Å². The summed E-state index contributed by atoms with van der Waals surface area (Å²) >= 11 is 0. The summed E-state index contributed by atoms with van der Waals surface area (Å²) < 4.78 is 13.7. The van der Waals surface area contributed by atoms with Gasteiger partial charge in [-0.2, -0.15) is 5.10 Å². The second kappa shape index (κ2) is 6.43. The van der Waals surface area contributed by atoms with Gasteiger partial charge in [-0.25, -0.2) is 4.39 Å². The lowest BCUT2D eigenvalue weighted by molar-refractivity contribution is 0.577. The molecule has 0 amide bonds. The van der Waals surface area contributed by atoms with Gasteiger partial charge < -0.3 is 10.2 Å². The fourth-order valence-electron chi connectivity index (χ4n) is 1.78. The highest BCUT2D eigenvalue weighted by Crippen LogP contribution is 2.23. The van der Waals surface area contributed by atoms with Gasteiger partial charge in [0.25, 0.3) is 0 Å². The van der Waals surface area contributed by atoms with Crippen LogP contribution >= 0.6 is 0 Å². The third-order valence-corrected chi connectivity index (χ3v) is 2.95. The Balaban J connectivity index is 2.12. The van der Waals surface area contributed by atoms with Gasteiger partial charge in [0, 0.05) is 19.6 Å². The van der Waals surface area contributed by atoms with Crippen LogP contribution in [0.3, 0.4) is 0 Å². The molecule has 1 N–H and O–H groups in total. The smallest absolute Gasteiger partial charge is 0.155 e. The van der Waals surface area contributed by atoms with Gasteiger partial charge in [-0.05, 0) is 24.3 Å². The molecule has 2 aromatic rings. The Morgan fingerprint density at radius 2 is 1.90 bits per heavy atom. The Bertz CT molecular complexity index is 554. The molecule has 0 bridgehead atoms. The van der Waals surface area contributed by atoms with Crippen molar-refractivity contribution in [3.05, 3.63) is 47.9 Å². The molecule has 0 atom stereocenters. The van der Waals surface area contributed by atoms with E-state index in [9.17, 15) is 4.39 Å². The predicted molar refractivity (Wildman–Crippen MR) is 78.5 cm³/mol. The topological polar surface area (TPSA) is 41.0 Å². The number of halogens is 1. The first-order valence-electron chi connectivity index (χ1n) is 6.62. The van der Waals surface area contributed by atoms with Crippen molar-refractivity contribution in [3.63, 3.8) is 0 Å². The highest BCUT2D eigenvalue weighted by Gasteiger charge is 2.10. The zero-order chi connectivity index (χ0) is 14.5. The summed E-state index contributed by atoms with van der Waals surface area (Å²) in [5.41, 5.74) is 1.35. The molecule has 1 aromatic heterocycles. The first-order valence-corrected chi connectivity index (χ1v) is 6.62.